The number of amides is 1. The number of rotatable bonds is 4. The van der Waals surface area contributed by atoms with Crippen LogP contribution in [-0.2, 0) is 22.3 Å². The van der Waals surface area contributed by atoms with Gasteiger partial charge in [0.2, 0.25) is 0 Å². The van der Waals surface area contributed by atoms with Gasteiger partial charge >= 0.3 is 6.18 Å². The number of furan rings is 1. The Morgan fingerprint density at radius 3 is 2.36 bits per heavy atom. The minimum atomic E-state index is -4.58. The number of hydrogen-bond acceptors (Lipinski definition) is 4. The zero-order chi connectivity index (χ0) is 23.9. The number of ketones is 1. The second kappa shape index (κ2) is 8.23. The first-order chi connectivity index (χ1) is 15.6. The van der Waals surface area contributed by atoms with Crippen LogP contribution < -0.4 is 0 Å². The fourth-order valence-electron chi connectivity index (χ4n) is 3.75. The molecule has 1 aromatic heterocycles. The molecule has 4 rings (SSSR count). The van der Waals surface area contributed by atoms with Gasteiger partial charge in [-0.15, -0.1) is 0 Å². The van der Waals surface area contributed by atoms with Crippen LogP contribution in [0.25, 0.3) is 5.76 Å². The quantitative estimate of drug-likeness (QED) is 0.247. The fraction of sp³-hybridized carbons (Fsp3) is 0.167. The number of carbonyl (C=O) groups is 2. The molecule has 5 nitrogen and oxygen atoms in total. The number of carbonyl (C=O) groups excluding carboxylic acids is 2. The number of nitrogens with zero attached hydrogens (tertiary/aromatic N) is 1. The van der Waals surface area contributed by atoms with Crippen molar-refractivity contribution in [2.75, 3.05) is 0 Å². The summed E-state index contributed by atoms with van der Waals surface area (Å²) < 4.78 is 58.3. The lowest BCUT2D eigenvalue weighted by Gasteiger charge is -2.23. The van der Waals surface area contributed by atoms with E-state index in [1.54, 1.807) is 13.0 Å². The number of Topliss-reactive ketones (excluding diaryl/α,β-unsaturated/α-hetero) is 1. The summed E-state index contributed by atoms with van der Waals surface area (Å²) in [5, 5.41) is 10.8. The molecule has 1 amide bonds. The van der Waals surface area contributed by atoms with Crippen molar-refractivity contribution in [3.8, 4) is 0 Å². The molecule has 1 aliphatic heterocycles. The molecule has 1 fully saturated rings. The van der Waals surface area contributed by atoms with E-state index in [9.17, 15) is 32.3 Å². The molecule has 33 heavy (non-hydrogen) atoms. The van der Waals surface area contributed by atoms with Crippen LogP contribution in [0, 0.1) is 12.7 Å². The topological polar surface area (TPSA) is 70.8 Å². The van der Waals surface area contributed by atoms with E-state index in [4.69, 9.17) is 4.42 Å². The molecule has 1 N–H and O–H groups in total. The number of halogens is 4. The van der Waals surface area contributed by atoms with Crippen LogP contribution >= 0.6 is 0 Å². The van der Waals surface area contributed by atoms with Crippen LogP contribution in [0.4, 0.5) is 17.6 Å². The summed E-state index contributed by atoms with van der Waals surface area (Å²) in [6.45, 7) is 1.31. The summed E-state index contributed by atoms with van der Waals surface area (Å²) in [6.07, 6.45) is -4.58. The number of benzene rings is 2. The van der Waals surface area contributed by atoms with Gasteiger partial charge in [0, 0.05) is 12.1 Å². The van der Waals surface area contributed by atoms with Crippen molar-refractivity contribution < 1.29 is 36.7 Å². The van der Waals surface area contributed by atoms with Gasteiger partial charge in [-0.25, -0.2) is 4.39 Å². The normalized spacial score (nSPS) is 18.2. The van der Waals surface area contributed by atoms with Crippen LogP contribution in [0.2, 0.25) is 0 Å². The Kier molecular flexibility index (Phi) is 5.57. The van der Waals surface area contributed by atoms with Crippen molar-refractivity contribution in [1.29, 1.82) is 0 Å². The van der Waals surface area contributed by atoms with Gasteiger partial charge in [-0.2, -0.15) is 13.2 Å². The number of hydrogen-bond donors (Lipinski definition) is 1. The Balaban J connectivity index is 1.82. The van der Waals surface area contributed by atoms with Crippen molar-refractivity contribution in [2.24, 2.45) is 0 Å². The molecule has 0 bridgehead atoms. The predicted molar refractivity (Wildman–Crippen MR) is 109 cm³/mol. The molecule has 1 aliphatic rings. The van der Waals surface area contributed by atoms with E-state index in [1.165, 1.54) is 30.3 Å². The monoisotopic (exact) mass is 459 g/mol. The van der Waals surface area contributed by atoms with Crippen molar-refractivity contribution in [1.82, 2.24) is 4.90 Å². The summed E-state index contributed by atoms with van der Waals surface area (Å²) in [5.74, 6) is -2.51. The summed E-state index contributed by atoms with van der Waals surface area (Å²) in [4.78, 5) is 26.8. The van der Waals surface area contributed by atoms with Gasteiger partial charge in [0.1, 0.15) is 29.1 Å². The first kappa shape index (κ1) is 22.3. The molecule has 0 saturated carbocycles. The number of aliphatic hydroxyl groups is 1. The van der Waals surface area contributed by atoms with Crippen LogP contribution in [-0.4, -0.2) is 21.7 Å². The average Bonchev–Trinajstić information content (AvgIpc) is 3.30. The van der Waals surface area contributed by atoms with E-state index >= 15 is 0 Å². The standard InChI is InChI=1S/C24H17F4NO4/c1-13-5-10-18(33-13)20-19(21(30)15-6-8-17(25)9-7-15)22(31)23(32)29(20)12-14-3-2-4-16(11-14)24(26,27)28/h2-11,20,30H,12H2,1H3/b21-19-. The highest BCUT2D eigenvalue weighted by Crippen LogP contribution is 2.41. The molecule has 0 spiro atoms. The maximum atomic E-state index is 13.3. The molecule has 1 unspecified atom stereocenters. The van der Waals surface area contributed by atoms with Gasteiger partial charge in [-0.3, -0.25) is 9.59 Å². The first-order valence-electron chi connectivity index (χ1n) is 9.83. The number of likely N-dealkylation sites (tertiary alicyclic amines) is 1. The summed E-state index contributed by atoms with van der Waals surface area (Å²) in [6, 6.07) is 11.0. The summed E-state index contributed by atoms with van der Waals surface area (Å²) in [5.41, 5.74) is -0.954. The minimum absolute atomic E-state index is 0.0988. The van der Waals surface area contributed by atoms with Crippen LogP contribution in [0.1, 0.15) is 34.3 Å². The van der Waals surface area contributed by atoms with Crippen LogP contribution in [0.15, 0.2) is 70.7 Å². The molecule has 1 saturated heterocycles. The Labute approximate surface area is 185 Å². The van der Waals surface area contributed by atoms with Crippen LogP contribution in [0.3, 0.4) is 0 Å². The lowest BCUT2D eigenvalue weighted by molar-refractivity contribution is -0.140. The molecular formula is C24H17F4NO4. The molecule has 0 radical (unpaired) electrons. The third-order valence-electron chi connectivity index (χ3n) is 5.30. The van der Waals surface area contributed by atoms with E-state index < -0.39 is 41.0 Å². The molecule has 2 heterocycles. The molecule has 9 heteroatoms. The SMILES string of the molecule is Cc1ccc(C2/C(=C(/O)c3ccc(F)cc3)C(=O)C(=O)N2Cc2cccc(C(F)(F)F)c2)o1. The highest BCUT2D eigenvalue weighted by Gasteiger charge is 2.47. The fourth-order valence-corrected chi connectivity index (χ4v) is 3.75. The molecule has 170 valence electrons. The number of aryl methyl sites for hydroxylation is 1. The molecule has 3 aromatic rings. The van der Waals surface area contributed by atoms with Gasteiger partial charge in [0.25, 0.3) is 11.7 Å². The zero-order valence-electron chi connectivity index (χ0n) is 17.2. The number of alkyl halides is 3. The molecular weight excluding hydrogens is 442 g/mol. The van der Waals surface area contributed by atoms with E-state index in [-0.39, 0.29) is 29.0 Å². The maximum absolute atomic E-state index is 13.3. The van der Waals surface area contributed by atoms with E-state index in [2.05, 4.69) is 0 Å². The second-order valence-corrected chi connectivity index (χ2v) is 7.58. The van der Waals surface area contributed by atoms with Gasteiger partial charge in [-0.05, 0) is 61.0 Å². The highest BCUT2D eigenvalue weighted by molar-refractivity contribution is 6.46. The smallest absolute Gasteiger partial charge is 0.416 e. The Hall–Kier alpha value is -3.88. The predicted octanol–water partition coefficient (Wildman–Crippen LogP) is 5.37. The molecule has 1 atom stereocenters. The maximum Gasteiger partial charge on any atom is 0.416 e. The van der Waals surface area contributed by atoms with E-state index in [1.807, 2.05) is 0 Å². The summed E-state index contributed by atoms with van der Waals surface area (Å²) in [7, 11) is 0. The largest absolute Gasteiger partial charge is 0.507 e. The Morgan fingerprint density at radius 2 is 1.76 bits per heavy atom. The Bertz CT molecular complexity index is 1260. The van der Waals surface area contributed by atoms with Gasteiger partial charge in [0.05, 0.1) is 11.1 Å². The molecule has 2 aromatic carbocycles. The zero-order valence-corrected chi connectivity index (χ0v) is 17.2. The lowest BCUT2D eigenvalue weighted by atomic mass is 9.99. The third kappa shape index (κ3) is 4.26. The lowest BCUT2D eigenvalue weighted by Crippen LogP contribution is -2.29. The van der Waals surface area contributed by atoms with Crippen LogP contribution in [0.5, 0.6) is 0 Å². The van der Waals surface area contributed by atoms with E-state index in [0.29, 0.717) is 5.76 Å². The summed E-state index contributed by atoms with van der Waals surface area (Å²) >= 11 is 0. The number of aliphatic hydroxyl groups excluding tert-OH is 1. The van der Waals surface area contributed by atoms with Crippen molar-refractivity contribution in [3.63, 3.8) is 0 Å². The van der Waals surface area contributed by atoms with Gasteiger partial charge in [-0.1, -0.05) is 12.1 Å². The second-order valence-electron chi connectivity index (χ2n) is 7.58. The van der Waals surface area contributed by atoms with Gasteiger partial charge in [0.15, 0.2) is 0 Å². The van der Waals surface area contributed by atoms with Crippen molar-refractivity contribution in [3.05, 3.63) is 100 Å². The average molecular weight is 459 g/mol. The highest BCUT2D eigenvalue weighted by atomic mass is 19.4. The van der Waals surface area contributed by atoms with Crippen molar-refractivity contribution >= 4 is 17.4 Å². The first-order valence-corrected chi connectivity index (χ1v) is 9.83. The van der Waals surface area contributed by atoms with Gasteiger partial charge < -0.3 is 14.4 Å². The van der Waals surface area contributed by atoms with E-state index in [0.717, 1.165) is 29.2 Å². The third-order valence-corrected chi connectivity index (χ3v) is 5.30. The minimum Gasteiger partial charge on any atom is -0.507 e. The van der Waals surface area contributed by atoms with Crippen molar-refractivity contribution in [2.45, 2.75) is 25.7 Å². The molecule has 0 aliphatic carbocycles. The Morgan fingerprint density at radius 1 is 1.06 bits per heavy atom.